The molecule has 3 aromatic rings. The van der Waals surface area contributed by atoms with Crippen LogP contribution in [0.2, 0.25) is 0 Å². The van der Waals surface area contributed by atoms with Gasteiger partial charge < -0.3 is 9.47 Å². The lowest BCUT2D eigenvalue weighted by Gasteiger charge is -2.15. The molecule has 0 saturated heterocycles. The zero-order valence-corrected chi connectivity index (χ0v) is 17.7. The predicted octanol–water partition coefficient (Wildman–Crippen LogP) is 4.77. The highest BCUT2D eigenvalue weighted by Crippen LogP contribution is 2.32. The lowest BCUT2D eigenvalue weighted by Crippen LogP contribution is -2.20. The summed E-state index contributed by atoms with van der Waals surface area (Å²) in [6, 6.07) is 17.6. The topological polar surface area (TPSA) is 66.2 Å². The zero-order chi connectivity index (χ0) is 20.6. The molecule has 1 heterocycles. The molecule has 29 heavy (non-hydrogen) atoms. The second kappa shape index (κ2) is 10.1. The van der Waals surface area contributed by atoms with Gasteiger partial charge in [0.2, 0.25) is 0 Å². The van der Waals surface area contributed by atoms with Crippen LogP contribution < -0.4 is 4.74 Å². The predicted molar refractivity (Wildman–Crippen MR) is 115 cm³/mol. The van der Waals surface area contributed by atoms with E-state index in [4.69, 9.17) is 9.47 Å². The van der Waals surface area contributed by atoms with Gasteiger partial charge in [-0.25, -0.2) is 0 Å². The number of carbonyl (C=O) groups is 1. The summed E-state index contributed by atoms with van der Waals surface area (Å²) in [6.07, 6.45) is 1.59. The van der Waals surface area contributed by atoms with Gasteiger partial charge in [-0.15, -0.1) is 10.2 Å². The van der Waals surface area contributed by atoms with Crippen LogP contribution in [0.5, 0.6) is 5.75 Å². The number of ether oxygens (including phenoxy) is 2. The van der Waals surface area contributed by atoms with E-state index < -0.39 is 0 Å². The van der Waals surface area contributed by atoms with Crippen molar-refractivity contribution in [3.63, 3.8) is 0 Å². The van der Waals surface area contributed by atoms with Crippen LogP contribution in [0.15, 0.2) is 59.8 Å². The highest BCUT2D eigenvalue weighted by atomic mass is 32.2. The molecule has 0 bridgehead atoms. The fourth-order valence-corrected chi connectivity index (χ4v) is 4.09. The minimum Gasteiger partial charge on any atom is -0.497 e. The van der Waals surface area contributed by atoms with E-state index >= 15 is 0 Å². The first kappa shape index (κ1) is 20.9. The Labute approximate surface area is 175 Å². The summed E-state index contributed by atoms with van der Waals surface area (Å²) in [7, 11) is 1.64. The van der Waals surface area contributed by atoms with Crippen LogP contribution in [0.3, 0.4) is 0 Å². The van der Waals surface area contributed by atoms with E-state index in [1.165, 1.54) is 11.8 Å². The first-order valence-electron chi connectivity index (χ1n) is 9.66. The number of para-hydroxylation sites is 1. The van der Waals surface area contributed by atoms with Crippen LogP contribution in [0, 0.1) is 0 Å². The first-order valence-corrected chi connectivity index (χ1v) is 10.5. The number of carbonyl (C=O) groups excluding carboxylic acids is 1. The van der Waals surface area contributed by atoms with Crippen molar-refractivity contribution in [3.8, 4) is 22.8 Å². The zero-order valence-electron chi connectivity index (χ0n) is 16.9. The van der Waals surface area contributed by atoms with Gasteiger partial charge in [0.05, 0.1) is 13.7 Å². The quantitative estimate of drug-likeness (QED) is 0.373. The van der Waals surface area contributed by atoms with E-state index in [1.54, 1.807) is 7.11 Å². The number of benzene rings is 2. The monoisotopic (exact) mass is 411 g/mol. The summed E-state index contributed by atoms with van der Waals surface area (Å²) >= 11 is 1.40. The van der Waals surface area contributed by atoms with Crippen LogP contribution in [-0.4, -0.2) is 39.7 Å². The summed E-state index contributed by atoms with van der Waals surface area (Å²) in [5.74, 6) is 1.27. The van der Waals surface area contributed by atoms with Crippen LogP contribution in [0.4, 0.5) is 0 Å². The smallest absolute Gasteiger partial charge is 0.319 e. The molecule has 0 aliphatic rings. The third-order valence-electron chi connectivity index (χ3n) is 4.34. The molecule has 0 unspecified atom stereocenters. The van der Waals surface area contributed by atoms with Gasteiger partial charge in [0.25, 0.3) is 0 Å². The lowest BCUT2D eigenvalue weighted by atomic mass is 10.2. The van der Waals surface area contributed by atoms with Crippen LogP contribution in [-0.2, 0) is 9.53 Å². The van der Waals surface area contributed by atoms with Crippen LogP contribution >= 0.6 is 11.8 Å². The molecule has 0 aliphatic heterocycles. The van der Waals surface area contributed by atoms with Gasteiger partial charge in [-0.1, -0.05) is 43.3 Å². The lowest BCUT2D eigenvalue weighted by molar-refractivity contribution is -0.142. The van der Waals surface area contributed by atoms with E-state index in [9.17, 15) is 4.79 Å². The first-order chi connectivity index (χ1) is 14.2. The van der Waals surface area contributed by atoms with Gasteiger partial charge in [0.1, 0.15) is 11.0 Å². The molecule has 0 aliphatic carbocycles. The van der Waals surface area contributed by atoms with E-state index in [1.807, 2.05) is 66.1 Å². The highest BCUT2D eigenvalue weighted by Gasteiger charge is 2.25. The Morgan fingerprint density at radius 3 is 2.41 bits per heavy atom. The highest BCUT2D eigenvalue weighted by molar-refractivity contribution is 8.00. The Morgan fingerprint density at radius 1 is 1.07 bits per heavy atom. The molecular weight excluding hydrogens is 386 g/mol. The molecule has 0 N–H and O–H groups in total. The van der Waals surface area contributed by atoms with E-state index in [-0.39, 0.29) is 11.2 Å². The number of esters is 1. The second-order valence-electron chi connectivity index (χ2n) is 6.35. The maximum atomic E-state index is 12.4. The molecule has 7 heteroatoms. The molecule has 0 radical (unpaired) electrons. The van der Waals surface area contributed by atoms with Crippen molar-refractivity contribution in [3.05, 3.63) is 54.6 Å². The minimum absolute atomic E-state index is 0.215. The molecule has 0 amide bonds. The van der Waals surface area contributed by atoms with Gasteiger partial charge in [-0.3, -0.25) is 9.36 Å². The van der Waals surface area contributed by atoms with Gasteiger partial charge in [-0.05, 0) is 49.7 Å². The maximum Gasteiger partial charge on any atom is 0.319 e. The Morgan fingerprint density at radius 2 is 1.79 bits per heavy atom. The minimum atomic E-state index is -0.324. The molecule has 0 fully saturated rings. The second-order valence-corrected chi connectivity index (χ2v) is 7.52. The average molecular weight is 412 g/mol. The number of thioether (sulfide) groups is 1. The van der Waals surface area contributed by atoms with E-state index in [2.05, 4.69) is 17.1 Å². The van der Waals surface area contributed by atoms with E-state index in [0.29, 0.717) is 24.0 Å². The van der Waals surface area contributed by atoms with Crippen molar-refractivity contribution >= 4 is 17.7 Å². The molecule has 152 valence electrons. The van der Waals surface area contributed by atoms with Gasteiger partial charge >= 0.3 is 5.97 Å². The van der Waals surface area contributed by atoms with Crippen molar-refractivity contribution in [2.24, 2.45) is 0 Å². The van der Waals surface area contributed by atoms with Crippen molar-refractivity contribution in [1.82, 2.24) is 14.8 Å². The fraction of sp³-hybridized carbons (Fsp3) is 0.318. The normalized spacial score (nSPS) is 11.8. The molecule has 2 aromatic carbocycles. The third-order valence-corrected chi connectivity index (χ3v) is 5.53. The van der Waals surface area contributed by atoms with Crippen LogP contribution in [0.25, 0.3) is 17.1 Å². The molecule has 1 aromatic heterocycles. The fourth-order valence-electron chi connectivity index (χ4n) is 2.93. The molecule has 0 spiro atoms. The van der Waals surface area contributed by atoms with Gasteiger partial charge in [0.15, 0.2) is 11.0 Å². The summed E-state index contributed by atoms with van der Waals surface area (Å²) in [5.41, 5.74) is 1.85. The van der Waals surface area contributed by atoms with Crippen molar-refractivity contribution in [2.75, 3.05) is 13.7 Å². The number of rotatable bonds is 9. The summed E-state index contributed by atoms with van der Waals surface area (Å²) in [6.45, 7) is 4.24. The molecule has 3 rings (SSSR count). The maximum absolute atomic E-state index is 12.4. The largest absolute Gasteiger partial charge is 0.497 e. The Kier molecular flexibility index (Phi) is 7.30. The van der Waals surface area contributed by atoms with Crippen molar-refractivity contribution in [1.29, 1.82) is 0 Å². The number of methoxy groups -OCH3 is 1. The number of hydrogen-bond donors (Lipinski definition) is 0. The van der Waals surface area contributed by atoms with Gasteiger partial charge in [0, 0.05) is 11.3 Å². The SMILES string of the molecule is CCC[C@@H](Sc1nnc(-c2ccc(OC)cc2)n1-c1ccccc1)C(=O)OCC. The summed E-state index contributed by atoms with van der Waals surface area (Å²) in [4.78, 5) is 12.4. The summed E-state index contributed by atoms with van der Waals surface area (Å²) in [5, 5.41) is 9.19. The van der Waals surface area contributed by atoms with Crippen LogP contribution in [0.1, 0.15) is 26.7 Å². The molecule has 0 saturated carbocycles. The number of aromatic nitrogens is 3. The van der Waals surface area contributed by atoms with Crippen molar-refractivity contribution in [2.45, 2.75) is 37.1 Å². The molecule has 6 nitrogen and oxygen atoms in total. The molecule has 1 atom stereocenters. The van der Waals surface area contributed by atoms with Gasteiger partial charge in [-0.2, -0.15) is 0 Å². The van der Waals surface area contributed by atoms with Crippen molar-refractivity contribution < 1.29 is 14.3 Å². The Balaban J connectivity index is 2.03. The summed E-state index contributed by atoms with van der Waals surface area (Å²) < 4.78 is 12.5. The van der Waals surface area contributed by atoms with E-state index in [0.717, 1.165) is 23.4 Å². The standard InChI is InChI=1S/C22H25N3O3S/c1-4-9-19(21(26)28-5-2)29-22-24-23-20(16-12-14-18(27-3)15-13-16)25(22)17-10-7-6-8-11-17/h6-8,10-15,19H,4-5,9H2,1-3H3/t19-/m1/s1. The third kappa shape index (κ3) is 4.98. The number of hydrogen-bond acceptors (Lipinski definition) is 6. The Hall–Kier alpha value is -2.80. The average Bonchev–Trinajstić information content (AvgIpc) is 3.18. The Bertz CT molecular complexity index is 926. The molecular formula is C22H25N3O3S. The number of nitrogens with zero attached hydrogens (tertiary/aromatic N) is 3.